The Morgan fingerprint density at radius 2 is 1.87 bits per heavy atom. The van der Waals surface area contributed by atoms with E-state index in [9.17, 15) is 4.79 Å². The number of ether oxygens (including phenoxy) is 2. The van der Waals surface area contributed by atoms with Gasteiger partial charge in [0.2, 0.25) is 11.9 Å². The molecule has 2 aromatic carbocycles. The first-order valence-corrected chi connectivity index (χ1v) is 11.2. The maximum absolute atomic E-state index is 13.0. The van der Waals surface area contributed by atoms with Crippen LogP contribution in [0.5, 0.6) is 11.5 Å². The van der Waals surface area contributed by atoms with Crippen LogP contribution in [0.1, 0.15) is 33.7 Å². The van der Waals surface area contributed by atoms with Crippen molar-refractivity contribution in [2.45, 2.75) is 19.8 Å². The molecule has 0 spiro atoms. The Kier molecular flexibility index (Phi) is 5.46. The van der Waals surface area contributed by atoms with Crippen molar-refractivity contribution in [1.29, 1.82) is 0 Å². The van der Waals surface area contributed by atoms with Crippen LogP contribution in [0, 0.1) is 6.92 Å². The highest BCUT2D eigenvalue weighted by molar-refractivity contribution is 7.09. The first-order chi connectivity index (χ1) is 15.2. The largest absolute Gasteiger partial charge is 0.454 e. The molecule has 1 amide bonds. The SMILES string of the molecule is Cc1ccc(Cc2nsc(N3CCCN(C(=O)c4ccc5c(c4)OCO5)CC3)n2)cc1. The Bertz CT molecular complexity index is 1080. The van der Waals surface area contributed by atoms with Crippen LogP contribution >= 0.6 is 11.5 Å². The molecule has 0 atom stereocenters. The summed E-state index contributed by atoms with van der Waals surface area (Å²) in [6.45, 7) is 5.28. The van der Waals surface area contributed by atoms with Crippen LogP contribution in [-0.4, -0.2) is 53.1 Å². The Hall–Kier alpha value is -3.13. The van der Waals surface area contributed by atoms with Gasteiger partial charge in [0.1, 0.15) is 5.82 Å². The van der Waals surface area contributed by atoms with Crippen LogP contribution in [0.4, 0.5) is 5.13 Å². The highest BCUT2D eigenvalue weighted by Gasteiger charge is 2.24. The molecule has 1 saturated heterocycles. The maximum atomic E-state index is 13.0. The van der Waals surface area contributed by atoms with Crippen molar-refractivity contribution >= 4 is 22.6 Å². The number of anilines is 1. The number of carbonyl (C=O) groups is 1. The Labute approximate surface area is 185 Å². The van der Waals surface area contributed by atoms with Crippen molar-refractivity contribution in [3.63, 3.8) is 0 Å². The molecule has 2 aliphatic heterocycles. The molecule has 31 heavy (non-hydrogen) atoms. The number of hydrogen-bond donors (Lipinski definition) is 0. The minimum Gasteiger partial charge on any atom is -0.454 e. The van der Waals surface area contributed by atoms with Gasteiger partial charge >= 0.3 is 0 Å². The van der Waals surface area contributed by atoms with Gasteiger partial charge in [-0.3, -0.25) is 4.79 Å². The summed E-state index contributed by atoms with van der Waals surface area (Å²) in [5.74, 6) is 2.20. The van der Waals surface area contributed by atoms with E-state index in [1.54, 1.807) is 18.2 Å². The van der Waals surface area contributed by atoms with Crippen LogP contribution < -0.4 is 14.4 Å². The lowest BCUT2D eigenvalue weighted by atomic mass is 10.1. The quantitative estimate of drug-likeness (QED) is 0.623. The van der Waals surface area contributed by atoms with Gasteiger partial charge in [-0.2, -0.15) is 4.37 Å². The monoisotopic (exact) mass is 436 g/mol. The van der Waals surface area contributed by atoms with E-state index >= 15 is 0 Å². The summed E-state index contributed by atoms with van der Waals surface area (Å²) in [6.07, 6.45) is 1.63. The number of rotatable bonds is 4. The summed E-state index contributed by atoms with van der Waals surface area (Å²) in [5, 5.41) is 0.930. The van der Waals surface area contributed by atoms with E-state index in [0.717, 1.165) is 43.4 Å². The zero-order valence-corrected chi connectivity index (χ0v) is 18.2. The molecule has 0 radical (unpaired) electrons. The third kappa shape index (κ3) is 4.34. The van der Waals surface area contributed by atoms with Gasteiger partial charge in [-0.1, -0.05) is 29.8 Å². The molecule has 7 nitrogen and oxygen atoms in total. The molecule has 0 unspecified atom stereocenters. The number of carbonyl (C=O) groups excluding carboxylic acids is 1. The third-order valence-electron chi connectivity index (χ3n) is 5.61. The van der Waals surface area contributed by atoms with Crippen molar-refractivity contribution in [1.82, 2.24) is 14.3 Å². The Balaban J connectivity index is 1.22. The maximum Gasteiger partial charge on any atom is 0.254 e. The molecule has 5 rings (SSSR count). The zero-order valence-electron chi connectivity index (χ0n) is 17.4. The van der Waals surface area contributed by atoms with E-state index in [4.69, 9.17) is 14.5 Å². The molecule has 3 aromatic rings. The van der Waals surface area contributed by atoms with Crippen LogP contribution in [0.15, 0.2) is 42.5 Å². The molecule has 0 N–H and O–H groups in total. The number of aryl methyl sites for hydroxylation is 1. The van der Waals surface area contributed by atoms with E-state index in [1.807, 2.05) is 4.90 Å². The van der Waals surface area contributed by atoms with Gasteiger partial charge in [0.25, 0.3) is 5.91 Å². The Morgan fingerprint density at radius 3 is 2.74 bits per heavy atom. The Morgan fingerprint density at radius 1 is 1.03 bits per heavy atom. The molecular formula is C23H24N4O3S. The van der Waals surface area contributed by atoms with E-state index in [-0.39, 0.29) is 12.7 Å². The summed E-state index contributed by atoms with van der Waals surface area (Å²) >= 11 is 1.44. The second-order valence-electron chi connectivity index (χ2n) is 7.86. The van der Waals surface area contributed by atoms with Crippen molar-refractivity contribution in [3.8, 4) is 11.5 Å². The molecule has 1 fully saturated rings. The second-order valence-corrected chi connectivity index (χ2v) is 8.59. The molecule has 0 aliphatic carbocycles. The summed E-state index contributed by atoms with van der Waals surface area (Å²) < 4.78 is 15.3. The highest BCUT2D eigenvalue weighted by atomic mass is 32.1. The van der Waals surface area contributed by atoms with Crippen molar-refractivity contribution in [3.05, 3.63) is 65.0 Å². The number of hydrogen-bond acceptors (Lipinski definition) is 7. The lowest BCUT2D eigenvalue weighted by Crippen LogP contribution is -2.35. The predicted molar refractivity (Wildman–Crippen MR) is 119 cm³/mol. The van der Waals surface area contributed by atoms with Gasteiger partial charge in [0.15, 0.2) is 11.5 Å². The van der Waals surface area contributed by atoms with Crippen LogP contribution in [0.25, 0.3) is 0 Å². The average Bonchev–Trinajstić information content (AvgIpc) is 3.38. The molecule has 2 aliphatic rings. The van der Waals surface area contributed by atoms with E-state index in [1.165, 1.54) is 22.7 Å². The van der Waals surface area contributed by atoms with E-state index < -0.39 is 0 Å². The second kappa shape index (κ2) is 8.55. The van der Waals surface area contributed by atoms with Gasteiger partial charge in [-0.25, -0.2) is 4.98 Å². The van der Waals surface area contributed by atoms with Gasteiger partial charge in [0.05, 0.1) is 0 Å². The fourth-order valence-corrected chi connectivity index (χ4v) is 4.59. The topological polar surface area (TPSA) is 67.8 Å². The summed E-state index contributed by atoms with van der Waals surface area (Å²) in [7, 11) is 0. The summed E-state index contributed by atoms with van der Waals surface area (Å²) in [4.78, 5) is 21.9. The fraction of sp³-hybridized carbons (Fsp3) is 0.348. The number of benzene rings is 2. The first kappa shape index (κ1) is 19.8. The van der Waals surface area contributed by atoms with Crippen molar-refractivity contribution in [2.24, 2.45) is 0 Å². The number of aromatic nitrogens is 2. The van der Waals surface area contributed by atoms with Crippen molar-refractivity contribution in [2.75, 3.05) is 37.9 Å². The van der Waals surface area contributed by atoms with Crippen LogP contribution in [-0.2, 0) is 6.42 Å². The summed E-state index contributed by atoms with van der Waals surface area (Å²) in [5.41, 5.74) is 3.10. The molecule has 0 saturated carbocycles. The highest BCUT2D eigenvalue weighted by Crippen LogP contribution is 2.33. The van der Waals surface area contributed by atoms with Gasteiger partial charge in [-0.05, 0) is 37.1 Å². The molecule has 8 heteroatoms. The minimum absolute atomic E-state index is 0.0254. The first-order valence-electron chi connectivity index (χ1n) is 10.5. The van der Waals surface area contributed by atoms with Gasteiger partial charge < -0.3 is 19.3 Å². The van der Waals surface area contributed by atoms with Gasteiger partial charge in [-0.15, -0.1) is 0 Å². The third-order valence-corrected chi connectivity index (χ3v) is 6.43. The van der Waals surface area contributed by atoms with Crippen LogP contribution in [0.2, 0.25) is 0 Å². The fourth-order valence-electron chi connectivity index (χ4n) is 3.86. The molecule has 0 bridgehead atoms. The molecule has 3 heterocycles. The number of nitrogens with zero attached hydrogens (tertiary/aromatic N) is 4. The van der Waals surface area contributed by atoms with E-state index in [0.29, 0.717) is 23.6 Å². The normalized spacial score (nSPS) is 15.8. The molecule has 1 aromatic heterocycles. The molecular weight excluding hydrogens is 412 g/mol. The van der Waals surface area contributed by atoms with Crippen molar-refractivity contribution < 1.29 is 14.3 Å². The number of amides is 1. The lowest BCUT2D eigenvalue weighted by Gasteiger charge is -2.21. The zero-order chi connectivity index (χ0) is 21.2. The summed E-state index contributed by atoms with van der Waals surface area (Å²) in [6, 6.07) is 13.9. The lowest BCUT2D eigenvalue weighted by molar-refractivity contribution is 0.0766. The van der Waals surface area contributed by atoms with Gasteiger partial charge in [0, 0.05) is 49.7 Å². The minimum atomic E-state index is 0.0254. The molecule has 160 valence electrons. The number of fused-ring (bicyclic) bond motifs is 1. The smallest absolute Gasteiger partial charge is 0.254 e. The standard InChI is InChI=1S/C23H24N4O3S/c1-16-3-5-17(6-4-16)13-21-24-23(31-25-21)27-10-2-9-26(11-12-27)22(28)18-7-8-19-20(14-18)30-15-29-19/h3-8,14H,2,9-13,15H2,1H3. The van der Waals surface area contributed by atoms with Crippen LogP contribution in [0.3, 0.4) is 0 Å². The predicted octanol–water partition coefficient (Wildman–Crippen LogP) is 3.52. The average molecular weight is 437 g/mol. The van der Waals surface area contributed by atoms with E-state index in [2.05, 4.69) is 40.5 Å².